The van der Waals surface area contributed by atoms with Gasteiger partial charge in [-0.25, -0.2) is 0 Å². The SMILES string of the molecule is COc1ccc(CC(=O)Nc2ccc(Nc3cc(C)ccc3C)nn2)cc1. The molecule has 3 aromatic rings. The van der Waals surface area contributed by atoms with E-state index in [2.05, 4.69) is 39.0 Å². The maximum atomic E-state index is 12.2. The van der Waals surface area contributed by atoms with Crippen LogP contribution in [-0.4, -0.2) is 23.2 Å². The molecule has 2 N–H and O–H groups in total. The number of carbonyl (C=O) groups excluding carboxylic acids is 1. The minimum Gasteiger partial charge on any atom is -0.497 e. The summed E-state index contributed by atoms with van der Waals surface area (Å²) in [6, 6.07) is 17.1. The van der Waals surface area contributed by atoms with Crippen molar-refractivity contribution in [3.63, 3.8) is 0 Å². The van der Waals surface area contributed by atoms with Gasteiger partial charge in [0.1, 0.15) is 5.75 Å². The molecular weight excluding hydrogens is 340 g/mol. The minimum atomic E-state index is -0.148. The molecule has 2 aromatic carbocycles. The molecule has 3 rings (SSSR count). The van der Waals surface area contributed by atoms with E-state index in [0.717, 1.165) is 22.6 Å². The van der Waals surface area contributed by atoms with Crippen LogP contribution in [0.2, 0.25) is 0 Å². The molecule has 1 aromatic heterocycles. The molecule has 1 heterocycles. The lowest BCUT2D eigenvalue weighted by Gasteiger charge is -2.10. The molecule has 0 fully saturated rings. The zero-order valence-corrected chi connectivity index (χ0v) is 15.6. The number of hydrogen-bond donors (Lipinski definition) is 2. The molecule has 0 unspecified atom stereocenters. The first kappa shape index (κ1) is 18.4. The summed E-state index contributed by atoms with van der Waals surface area (Å²) in [6.45, 7) is 4.07. The van der Waals surface area contributed by atoms with Gasteiger partial charge in [0.05, 0.1) is 13.5 Å². The van der Waals surface area contributed by atoms with E-state index in [1.807, 2.05) is 38.1 Å². The summed E-state index contributed by atoms with van der Waals surface area (Å²) in [5.41, 5.74) is 4.17. The Labute approximate surface area is 158 Å². The standard InChI is InChI=1S/C21H22N4O2/c1-14-4-5-15(2)18(12-14)22-19-10-11-20(25-24-19)23-21(26)13-16-6-8-17(27-3)9-7-16/h4-12H,13H2,1-3H3,(H,22,24)(H,23,25,26). The number of methoxy groups -OCH3 is 1. The molecule has 0 radical (unpaired) electrons. The van der Waals surface area contributed by atoms with Gasteiger partial charge in [0.25, 0.3) is 0 Å². The zero-order chi connectivity index (χ0) is 19.2. The monoisotopic (exact) mass is 362 g/mol. The van der Waals surface area contributed by atoms with Crippen LogP contribution in [0.1, 0.15) is 16.7 Å². The average molecular weight is 362 g/mol. The van der Waals surface area contributed by atoms with Crippen molar-refractivity contribution in [1.82, 2.24) is 10.2 Å². The van der Waals surface area contributed by atoms with Gasteiger partial charge in [-0.15, -0.1) is 10.2 Å². The van der Waals surface area contributed by atoms with Gasteiger partial charge in [0.2, 0.25) is 5.91 Å². The van der Waals surface area contributed by atoms with Gasteiger partial charge < -0.3 is 15.4 Å². The smallest absolute Gasteiger partial charge is 0.229 e. The summed E-state index contributed by atoms with van der Waals surface area (Å²) >= 11 is 0. The van der Waals surface area contributed by atoms with Crippen molar-refractivity contribution in [2.75, 3.05) is 17.7 Å². The van der Waals surface area contributed by atoms with Gasteiger partial charge in [0.15, 0.2) is 11.6 Å². The predicted octanol–water partition coefficient (Wildman–Crippen LogP) is 4.03. The Morgan fingerprint density at radius 1 is 0.963 bits per heavy atom. The van der Waals surface area contributed by atoms with Crippen LogP contribution in [0.3, 0.4) is 0 Å². The highest BCUT2D eigenvalue weighted by atomic mass is 16.5. The number of amides is 1. The quantitative estimate of drug-likeness (QED) is 0.692. The second-order valence-electron chi connectivity index (χ2n) is 6.32. The molecule has 1 amide bonds. The van der Waals surface area contributed by atoms with E-state index < -0.39 is 0 Å². The number of aryl methyl sites for hydroxylation is 2. The van der Waals surface area contributed by atoms with Gasteiger partial charge in [-0.05, 0) is 60.9 Å². The molecule has 6 nitrogen and oxygen atoms in total. The third-order valence-corrected chi connectivity index (χ3v) is 4.11. The van der Waals surface area contributed by atoms with Crippen LogP contribution in [-0.2, 0) is 11.2 Å². The topological polar surface area (TPSA) is 76.1 Å². The molecule has 0 aliphatic heterocycles. The first-order valence-electron chi connectivity index (χ1n) is 8.64. The number of carbonyl (C=O) groups is 1. The van der Waals surface area contributed by atoms with Gasteiger partial charge in [0, 0.05) is 5.69 Å². The van der Waals surface area contributed by atoms with Crippen molar-refractivity contribution in [2.45, 2.75) is 20.3 Å². The van der Waals surface area contributed by atoms with E-state index in [1.165, 1.54) is 5.56 Å². The summed E-state index contributed by atoms with van der Waals surface area (Å²) < 4.78 is 5.11. The molecule has 27 heavy (non-hydrogen) atoms. The zero-order valence-electron chi connectivity index (χ0n) is 15.6. The number of anilines is 3. The highest BCUT2D eigenvalue weighted by Gasteiger charge is 2.07. The van der Waals surface area contributed by atoms with Crippen LogP contribution in [0.4, 0.5) is 17.3 Å². The predicted molar refractivity (Wildman–Crippen MR) is 107 cm³/mol. The lowest BCUT2D eigenvalue weighted by molar-refractivity contribution is -0.115. The van der Waals surface area contributed by atoms with Crippen molar-refractivity contribution in [3.05, 3.63) is 71.3 Å². The maximum Gasteiger partial charge on any atom is 0.229 e. The molecule has 0 bridgehead atoms. The number of ether oxygens (including phenoxy) is 1. The Morgan fingerprint density at radius 2 is 1.67 bits per heavy atom. The summed E-state index contributed by atoms with van der Waals surface area (Å²) in [4.78, 5) is 12.2. The molecule has 0 aliphatic rings. The Hall–Kier alpha value is -3.41. The largest absolute Gasteiger partial charge is 0.497 e. The van der Waals surface area contributed by atoms with Crippen molar-refractivity contribution < 1.29 is 9.53 Å². The van der Waals surface area contributed by atoms with Crippen molar-refractivity contribution >= 4 is 23.2 Å². The van der Waals surface area contributed by atoms with E-state index in [1.54, 1.807) is 19.2 Å². The van der Waals surface area contributed by atoms with Gasteiger partial charge in [-0.3, -0.25) is 4.79 Å². The third kappa shape index (κ3) is 5.04. The van der Waals surface area contributed by atoms with E-state index >= 15 is 0 Å². The number of nitrogens with zero attached hydrogens (tertiary/aromatic N) is 2. The van der Waals surface area contributed by atoms with Crippen LogP contribution in [0.15, 0.2) is 54.6 Å². The van der Waals surface area contributed by atoms with E-state index in [4.69, 9.17) is 4.74 Å². The molecular formula is C21H22N4O2. The molecule has 0 aliphatic carbocycles. The molecule has 0 saturated heterocycles. The van der Waals surface area contributed by atoms with Gasteiger partial charge in [-0.1, -0.05) is 24.3 Å². The van der Waals surface area contributed by atoms with E-state index in [-0.39, 0.29) is 12.3 Å². The van der Waals surface area contributed by atoms with Crippen LogP contribution in [0.25, 0.3) is 0 Å². The van der Waals surface area contributed by atoms with E-state index in [0.29, 0.717) is 11.6 Å². The fraction of sp³-hybridized carbons (Fsp3) is 0.190. The fourth-order valence-corrected chi connectivity index (χ4v) is 2.59. The normalized spacial score (nSPS) is 10.3. The second-order valence-corrected chi connectivity index (χ2v) is 6.32. The summed E-state index contributed by atoms with van der Waals surface area (Å²) in [5.74, 6) is 1.65. The Morgan fingerprint density at radius 3 is 2.33 bits per heavy atom. The Kier molecular flexibility index (Phi) is 5.66. The van der Waals surface area contributed by atoms with Crippen LogP contribution in [0, 0.1) is 13.8 Å². The Balaban J connectivity index is 1.59. The first-order chi connectivity index (χ1) is 13.0. The third-order valence-electron chi connectivity index (χ3n) is 4.11. The second kappa shape index (κ2) is 8.31. The van der Waals surface area contributed by atoms with Gasteiger partial charge >= 0.3 is 0 Å². The van der Waals surface area contributed by atoms with Crippen molar-refractivity contribution in [2.24, 2.45) is 0 Å². The molecule has 0 atom stereocenters. The maximum absolute atomic E-state index is 12.2. The number of hydrogen-bond acceptors (Lipinski definition) is 5. The van der Waals surface area contributed by atoms with Crippen molar-refractivity contribution in [1.29, 1.82) is 0 Å². The lowest BCUT2D eigenvalue weighted by Crippen LogP contribution is -2.15. The number of aromatic nitrogens is 2. The minimum absolute atomic E-state index is 0.148. The summed E-state index contributed by atoms with van der Waals surface area (Å²) in [7, 11) is 1.61. The lowest BCUT2D eigenvalue weighted by atomic mass is 10.1. The number of benzene rings is 2. The van der Waals surface area contributed by atoms with Crippen molar-refractivity contribution in [3.8, 4) is 5.75 Å². The van der Waals surface area contributed by atoms with Gasteiger partial charge in [-0.2, -0.15) is 0 Å². The number of nitrogens with one attached hydrogen (secondary N) is 2. The highest BCUT2D eigenvalue weighted by molar-refractivity contribution is 5.91. The van der Waals surface area contributed by atoms with Crippen LogP contribution in [0.5, 0.6) is 5.75 Å². The number of rotatable bonds is 6. The highest BCUT2D eigenvalue weighted by Crippen LogP contribution is 2.20. The van der Waals surface area contributed by atoms with E-state index in [9.17, 15) is 4.79 Å². The summed E-state index contributed by atoms with van der Waals surface area (Å²) in [6.07, 6.45) is 0.258. The molecule has 6 heteroatoms. The Bertz CT molecular complexity index is 922. The molecule has 0 spiro atoms. The molecule has 0 saturated carbocycles. The first-order valence-corrected chi connectivity index (χ1v) is 8.64. The van der Waals surface area contributed by atoms with Crippen LogP contribution >= 0.6 is 0 Å². The molecule has 138 valence electrons. The fourth-order valence-electron chi connectivity index (χ4n) is 2.59. The summed E-state index contributed by atoms with van der Waals surface area (Å²) in [5, 5.41) is 14.2. The average Bonchev–Trinajstić information content (AvgIpc) is 2.67. The van der Waals surface area contributed by atoms with Crippen LogP contribution < -0.4 is 15.4 Å².